The monoisotopic (exact) mass is 226 g/mol. The summed E-state index contributed by atoms with van der Waals surface area (Å²) in [4.78, 5) is 0. The lowest BCUT2D eigenvalue weighted by Crippen LogP contribution is -2.30. The van der Waals surface area contributed by atoms with Crippen molar-refractivity contribution in [2.45, 2.75) is 18.9 Å². The quantitative estimate of drug-likeness (QED) is 0.765. The van der Waals surface area contributed by atoms with Crippen LogP contribution in [-0.2, 0) is 0 Å². The van der Waals surface area contributed by atoms with Gasteiger partial charge in [0.2, 0.25) is 0 Å². The van der Waals surface area contributed by atoms with E-state index in [0.29, 0.717) is 18.8 Å². The van der Waals surface area contributed by atoms with E-state index in [1.54, 1.807) is 20.1 Å². The molecule has 0 heterocycles. The number of aliphatic hydroxyl groups is 2. The van der Waals surface area contributed by atoms with Crippen LogP contribution in [0.1, 0.15) is 13.3 Å². The summed E-state index contributed by atoms with van der Waals surface area (Å²) in [6, 6.07) is 7.25. The lowest BCUT2D eigenvalue weighted by Gasteiger charge is -2.20. The van der Waals surface area contributed by atoms with Gasteiger partial charge in [0.15, 0.2) is 0 Å². The molecule has 16 heavy (non-hydrogen) atoms. The van der Waals surface area contributed by atoms with Crippen molar-refractivity contribution >= 4 is 0 Å². The third-order valence-electron chi connectivity index (χ3n) is 2.29. The molecule has 4 nitrogen and oxygen atoms in total. The maximum atomic E-state index is 9.55. The predicted octanol–water partition coefficient (Wildman–Crippen LogP) is 1.21. The summed E-state index contributed by atoms with van der Waals surface area (Å²) in [5.41, 5.74) is -1.08. The van der Waals surface area contributed by atoms with Crippen LogP contribution in [0, 0.1) is 0 Å². The molecule has 4 heteroatoms. The van der Waals surface area contributed by atoms with E-state index < -0.39 is 5.60 Å². The molecule has 0 aliphatic heterocycles. The summed E-state index contributed by atoms with van der Waals surface area (Å²) in [6.07, 6.45) is 0.376. The van der Waals surface area contributed by atoms with Gasteiger partial charge in [-0.1, -0.05) is 6.07 Å². The Hall–Kier alpha value is -1.26. The fourth-order valence-corrected chi connectivity index (χ4v) is 1.16. The van der Waals surface area contributed by atoms with Crippen LogP contribution in [0.5, 0.6) is 11.5 Å². The second-order valence-electron chi connectivity index (χ2n) is 3.93. The molecule has 90 valence electrons. The molecule has 0 fully saturated rings. The minimum atomic E-state index is -1.08. The molecule has 1 atom stereocenters. The molecule has 0 amide bonds. The van der Waals surface area contributed by atoms with E-state index in [1.165, 1.54) is 0 Å². The molecule has 0 aliphatic rings. The summed E-state index contributed by atoms with van der Waals surface area (Å²) in [7, 11) is 1.59. The summed E-state index contributed by atoms with van der Waals surface area (Å²) in [5.74, 6) is 1.42. The first kappa shape index (κ1) is 12.8. The van der Waals surface area contributed by atoms with Crippen molar-refractivity contribution in [3.8, 4) is 11.5 Å². The number of aliphatic hydroxyl groups excluding tert-OH is 1. The van der Waals surface area contributed by atoms with Gasteiger partial charge in [-0.15, -0.1) is 0 Å². The largest absolute Gasteiger partial charge is 0.497 e. The molecule has 0 aliphatic carbocycles. The Labute approximate surface area is 95.4 Å². The second kappa shape index (κ2) is 5.72. The molecule has 1 aromatic carbocycles. The van der Waals surface area contributed by atoms with Crippen molar-refractivity contribution in [2.24, 2.45) is 0 Å². The molecule has 1 aromatic rings. The number of ether oxygens (including phenoxy) is 2. The number of methoxy groups -OCH3 is 1. The third-order valence-corrected chi connectivity index (χ3v) is 2.29. The molecule has 2 N–H and O–H groups in total. The van der Waals surface area contributed by atoms with Gasteiger partial charge in [0, 0.05) is 12.5 Å². The summed E-state index contributed by atoms with van der Waals surface area (Å²) in [6.45, 7) is 1.65. The molecule has 1 rings (SSSR count). The highest BCUT2D eigenvalue weighted by Crippen LogP contribution is 2.19. The predicted molar refractivity (Wildman–Crippen MR) is 60.8 cm³/mol. The lowest BCUT2D eigenvalue weighted by molar-refractivity contribution is -0.0139. The zero-order chi connectivity index (χ0) is 12.0. The maximum Gasteiger partial charge on any atom is 0.122 e. The van der Waals surface area contributed by atoms with Crippen LogP contribution in [0.3, 0.4) is 0 Å². The Morgan fingerprint density at radius 1 is 1.31 bits per heavy atom. The fourth-order valence-electron chi connectivity index (χ4n) is 1.16. The van der Waals surface area contributed by atoms with Crippen molar-refractivity contribution in [2.75, 3.05) is 20.3 Å². The Morgan fingerprint density at radius 2 is 2.00 bits per heavy atom. The van der Waals surface area contributed by atoms with Crippen LogP contribution in [0.15, 0.2) is 24.3 Å². The van der Waals surface area contributed by atoms with Gasteiger partial charge in [-0.25, -0.2) is 0 Å². The van der Waals surface area contributed by atoms with E-state index in [9.17, 15) is 5.11 Å². The zero-order valence-corrected chi connectivity index (χ0v) is 9.64. The van der Waals surface area contributed by atoms with E-state index in [4.69, 9.17) is 14.6 Å². The lowest BCUT2D eigenvalue weighted by atomic mass is 10.1. The standard InChI is InChI=1S/C12H18O4/c1-12(14,9-13)6-7-16-11-5-3-4-10(8-11)15-2/h3-5,8,13-14H,6-7,9H2,1-2H3/t12-/m0/s1. The highest BCUT2D eigenvalue weighted by atomic mass is 16.5. The van der Waals surface area contributed by atoms with Crippen LogP contribution >= 0.6 is 0 Å². The van der Waals surface area contributed by atoms with E-state index in [0.717, 1.165) is 5.75 Å². The number of hydrogen-bond donors (Lipinski definition) is 2. The van der Waals surface area contributed by atoms with E-state index in [1.807, 2.05) is 18.2 Å². The van der Waals surface area contributed by atoms with Crippen LogP contribution in [0.4, 0.5) is 0 Å². The molecule has 0 unspecified atom stereocenters. The highest BCUT2D eigenvalue weighted by molar-refractivity contribution is 5.32. The van der Waals surface area contributed by atoms with Gasteiger partial charge in [-0.3, -0.25) is 0 Å². The molecular formula is C12H18O4. The van der Waals surface area contributed by atoms with E-state index in [-0.39, 0.29) is 6.61 Å². The SMILES string of the molecule is COc1cccc(OCC[C@](C)(O)CO)c1. The smallest absolute Gasteiger partial charge is 0.122 e. The topological polar surface area (TPSA) is 58.9 Å². The highest BCUT2D eigenvalue weighted by Gasteiger charge is 2.18. The fraction of sp³-hybridized carbons (Fsp3) is 0.500. The molecule has 0 bridgehead atoms. The maximum absolute atomic E-state index is 9.55. The molecule has 0 spiro atoms. The average molecular weight is 226 g/mol. The number of hydrogen-bond acceptors (Lipinski definition) is 4. The Balaban J connectivity index is 2.42. The molecule has 0 radical (unpaired) electrons. The van der Waals surface area contributed by atoms with Crippen molar-refractivity contribution in [3.63, 3.8) is 0 Å². The van der Waals surface area contributed by atoms with Crippen molar-refractivity contribution in [1.82, 2.24) is 0 Å². The first-order valence-electron chi connectivity index (χ1n) is 5.17. The third kappa shape index (κ3) is 4.08. The van der Waals surface area contributed by atoms with Gasteiger partial charge < -0.3 is 19.7 Å². The number of rotatable bonds is 6. The molecule has 0 saturated heterocycles. The van der Waals surface area contributed by atoms with Gasteiger partial charge in [0.25, 0.3) is 0 Å². The first-order chi connectivity index (χ1) is 7.57. The first-order valence-corrected chi connectivity index (χ1v) is 5.17. The second-order valence-corrected chi connectivity index (χ2v) is 3.93. The van der Waals surface area contributed by atoms with Crippen LogP contribution in [0.2, 0.25) is 0 Å². The Kier molecular flexibility index (Phi) is 4.58. The molecular weight excluding hydrogens is 208 g/mol. The molecule has 0 aromatic heterocycles. The Bertz CT molecular complexity index is 323. The van der Waals surface area contributed by atoms with E-state index in [2.05, 4.69) is 0 Å². The average Bonchev–Trinajstić information content (AvgIpc) is 2.29. The van der Waals surface area contributed by atoms with Gasteiger partial charge in [0.05, 0.1) is 25.9 Å². The van der Waals surface area contributed by atoms with Gasteiger partial charge in [-0.05, 0) is 19.1 Å². The minimum absolute atomic E-state index is 0.269. The van der Waals surface area contributed by atoms with Crippen LogP contribution in [0.25, 0.3) is 0 Å². The van der Waals surface area contributed by atoms with Crippen LogP contribution < -0.4 is 9.47 Å². The van der Waals surface area contributed by atoms with Crippen molar-refractivity contribution in [1.29, 1.82) is 0 Å². The van der Waals surface area contributed by atoms with Gasteiger partial charge in [0.1, 0.15) is 11.5 Å². The normalized spacial score (nSPS) is 14.2. The van der Waals surface area contributed by atoms with Crippen LogP contribution in [-0.4, -0.2) is 36.1 Å². The minimum Gasteiger partial charge on any atom is -0.497 e. The molecule has 0 saturated carbocycles. The van der Waals surface area contributed by atoms with Crippen molar-refractivity contribution in [3.05, 3.63) is 24.3 Å². The van der Waals surface area contributed by atoms with Crippen molar-refractivity contribution < 1.29 is 19.7 Å². The van der Waals surface area contributed by atoms with Gasteiger partial charge >= 0.3 is 0 Å². The summed E-state index contributed by atoms with van der Waals surface area (Å²) in [5, 5.41) is 18.4. The summed E-state index contributed by atoms with van der Waals surface area (Å²) < 4.78 is 10.5. The number of benzene rings is 1. The zero-order valence-electron chi connectivity index (χ0n) is 9.64. The van der Waals surface area contributed by atoms with E-state index >= 15 is 0 Å². The van der Waals surface area contributed by atoms with Gasteiger partial charge in [-0.2, -0.15) is 0 Å². The summed E-state index contributed by atoms with van der Waals surface area (Å²) >= 11 is 0. The Morgan fingerprint density at radius 3 is 2.62 bits per heavy atom.